The molecule has 1 N–H and O–H groups in total. The molecule has 1 aromatic rings. The first-order valence-electron chi connectivity index (χ1n) is 3.71. The van der Waals surface area contributed by atoms with E-state index in [-0.39, 0.29) is 11.3 Å². The minimum atomic E-state index is -0.515. The van der Waals surface area contributed by atoms with Crippen LogP contribution in [0.25, 0.3) is 0 Å². The summed E-state index contributed by atoms with van der Waals surface area (Å²) in [7, 11) is 0. The molecule has 0 aliphatic heterocycles. The van der Waals surface area contributed by atoms with Gasteiger partial charge >= 0.3 is 5.97 Å². The Morgan fingerprint density at radius 2 is 2.31 bits per heavy atom. The van der Waals surface area contributed by atoms with Gasteiger partial charge in [0.15, 0.2) is 0 Å². The molecule has 0 spiro atoms. The lowest BCUT2D eigenvalue weighted by Crippen LogP contribution is -2.02. The average Bonchev–Trinajstić information content (AvgIpc) is 2.07. The maximum absolute atomic E-state index is 12.8. The lowest BCUT2D eigenvalue weighted by Gasteiger charge is -2.03. The Kier molecular flexibility index (Phi) is 2.97. The highest BCUT2D eigenvalue weighted by Gasteiger charge is 2.04. The van der Waals surface area contributed by atoms with Gasteiger partial charge in [0.25, 0.3) is 0 Å². The zero-order chi connectivity index (χ0) is 9.84. The van der Waals surface area contributed by atoms with Crippen LogP contribution in [0.4, 0.5) is 4.39 Å². The molecule has 0 aliphatic carbocycles. The zero-order valence-electron chi connectivity index (χ0n) is 7.08. The highest BCUT2D eigenvalue weighted by molar-refractivity contribution is 5.69. The van der Waals surface area contributed by atoms with Gasteiger partial charge in [-0.1, -0.05) is 0 Å². The molecule has 0 heterocycles. The van der Waals surface area contributed by atoms with Crippen LogP contribution in [0.15, 0.2) is 18.2 Å². The van der Waals surface area contributed by atoms with E-state index in [9.17, 15) is 9.18 Å². The SMILES string of the molecule is CC(=O)Oc1ccc(F)c(CO)c1. The molecule has 0 saturated heterocycles. The van der Waals surface area contributed by atoms with Crippen LogP contribution >= 0.6 is 0 Å². The van der Waals surface area contributed by atoms with Crippen molar-refractivity contribution in [3.8, 4) is 5.75 Å². The molecule has 4 heteroatoms. The molecule has 0 atom stereocenters. The molecule has 3 nitrogen and oxygen atoms in total. The van der Waals surface area contributed by atoms with E-state index < -0.39 is 18.4 Å². The van der Waals surface area contributed by atoms with Crippen molar-refractivity contribution in [2.45, 2.75) is 13.5 Å². The fourth-order valence-corrected chi connectivity index (χ4v) is 0.902. The molecule has 0 fully saturated rings. The first kappa shape index (κ1) is 9.67. The summed E-state index contributed by atoms with van der Waals surface area (Å²) in [5.41, 5.74) is 0.110. The van der Waals surface area contributed by atoms with Crippen molar-refractivity contribution in [2.75, 3.05) is 0 Å². The predicted molar refractivity (Wildman–Crippen MR) is 43.6 cm³/mol. The van der Waals surface area contributed by atoms with Gasteiger partial charge in [0.2, 0.25) is 0 Å². The van der Waals surface area contributed by atoms with E-state index in [1.807, 2.05) is 0 Å². The van der Waals surface area contributed by atoms with Crippen LogP contribution in [-0.4, -0.2) is 11.1 Å². The molecule has 13 heavy (non-hydrogen) atoms. The van der Waals surface area contributed by atoms with Crippen molar-refractivity contribution in [3.05, 3.63) is 29.6 Å². The van der Waals surface area contributed by atoms with E-state index >= 15 is 0 Å². The Bertz CT molecular complexity index is 323. The monoisotopic (exact) mass is 184 g/mol. The summed E-state index contributed by atoms with van der Waals surface area (Å²) in [6, 6.07) is 3.76. The number of hydrogen-bond acceptors (Lipinski definition) is 3. The van der Waals surface area contributed by atoms with Gasteiger partial charge in [0.1, 0.15) is 11.6 Å². The van der Waals surface area contributed by atoms with Gasteiger partial charge in [-0.2, -0.15) is 0 Å². The van der Waals surface area contributed by atoms with Crippen LogP contribution in [0.2, 0.25) is 0 Å². The van der Waals surface area contributed by atoms with Gasteiger partial charge in [0.05, 0.1) is 6.61 Å². The number of aliphatic hydroxyl groups is 1. The van der Waals surface area contributed by atoms with Gasteiger partial charge < -0.3 is 9.84 Å². The Balaban J connectivity index is 2.92. The van der Waals surface area contributed by atoms with E-state index in [0.717, 1.165) is 6.07 Å². The Labute approximate surface area is 74.8 Å². The van der Waals surface area contributed by atoms with Crippen LogP contribution in [-0.2, 0) is 11.4 Å². The van der Waals surface area contributed by atoms with Crippen molar-refractivity contribution in [1.82, 2.24) is 0 Å². The third-order valence-electron chi connectivity index (χ3n) is 1.45. The van der Waals surface area contributed by atoms with E-state index in [1.165, 1.54) is 19.1 Å². The molecule has 0 radical (unpaired) electrons. The van der Waals surface area contributed by atoms with E-state index in [2.05, 4.69) is 0 Å². The van der Waals surface area contributed by atoms with Crippen LogP contribution in [0.3, 0.4) is 0 Å². The molecule has 70 valence electrons. The van der Waals surface area contributed by atoms with Crippen molar-refractivity contribution in [2.24, 2.45) is 0 Å². The number of carbonyl (C=O) groups is 1. The number of benzene rings is 1. The number of rotatable bonds is 2. The fraction of sp³-hybridized carbons (Fsp3) is 0.222. The Morgan fingerprint density at radius 1 is 1.62 bits per heavy atom. The van der Waals surface area contributed by atoms with Gasteiger partial charge in [-0.3, -0.25) is 4.79 Å². The predicted octanol–water partition coefficient (Wildman–Crippen LogP) is 1.24. The minimum absolute atomic E-state index is 0.110. The molecule has 1 rings (SSSR count). The van der Waals surface area contributed by atoms with Gasteiger partial charge in [-0.25, -0.2) is 4.39 Å². The first-order chi connectivity index (χ1) is 6.13. The quantitative estimate of drug-likeness (QED) is 0.555. The maximum Gasteiger partial charge on any atom is 0.308 e. The summed E-state index contributed by atoms with van der Waals surface area (Å²) in [5.74, 6) is -0.758. The number of esters is 1. The molecule has 1 aromatic carbocycles. The van der Waals surface area contributed by atoms with Crippen LogP contribution in [0, 0.1) is 5.82 Å². The smallest absolute Gasteiger partial charge is 0.308 e. The van der Waals surface area contributed by atoms with Crippen molar-refractivity contribution in [1.29, 1.82) is 0 Å². The Hall–Kier alpha value is -1.42. The topological polar surface area (TPSA) is 46.5 Å². The zero-order valence-corrected chi connectivity index (χ0v) is 7.08. The van der Waals surface area contributed by atoms with Crippen molar-refractivity contribution in [3.63, 3.8) is 0 Å². The summed E-state index contributed by atoms with van der Waals surface area (Å²) < 4.78 is 17.5. The molecular weight excluding hydrogens is 175 g/mol. The van der Waals surface area contributed by atoms with Gasteiger partial charge in [-0.05, 0) is 18.2 Å². The van der Waals surface area contributed by atoms with Gasteiger partial charge in [0, 0.05) is 12.5 Å². The lowest BCUT2D eigenvalue weighted by atomic mass is 10.2. The summed E-state index contributed by atoms with van der Waals surface area (Å²) >= 11 is 0. The largest absolute Gasteiger partial charge is 0.427 e. The number of carbonyl (C=O) groups excluding carboxylic acids is 1. The second-order valence-corrected chi connectivity index (χ2v) is 2.50. The average molecular weight is 184 g/mol. The highest BCUT2D eigenvalue weighted by Crippen LogP contribution is 2.16. The summed E-state index contributed by atoms with van der Waals surface area (Å²) in [6.07, 6.45) is 0. The van der Waals surface area contributed by atoms with Crippen LogP contribution in [0.1, 0.15) is 12.5 Å². The normalized spacial score (nSPS) is 9.77. The molecule has 0 unspecified atom stereocenters. The lowest BCUT2D eigenvalue weighted by molar-refractivity contribution is -0.131. The van der Waals surface area contributed by atoms with Gasteiger partial charge in [-0.15, -0.1) is 0 Å². The first-order valence-corrected chi connectivity index (χ1v) is 3.71. The number of hydrogen-bond donors (Lipinski definition) is 1. The van der Waals surface area contributed by atoms with Crippen molar-refractivity contribution < 1.29 is 19.0 Å². The minimum Gasteiger partial charge on any atom is -0.427 e. The van der Waals surface area contributed by atoms with Crippen LogP contribution < -0.4 is 4.74 Å². The summed E-state index contributed by atoms with van der Waals surface area (Å²) in [6.45, 7) is 0.836. The standard InChI is InChI=1S/C9H9FO3/c1-6(12)13-8-2-3-9(10)7(4-8)5-11/h2-4,11H,5H2,1H3. The number of halogens is 1. The summed E-state index contributed by atoms with van der Waals surface area (Å²) in [5, 5.41) is 8.70. The number of ether oxygens (including phenoxy) is 1. The molecule has 0 bridgehead atoms. The summed E-state index contributed by atoms with van der Waals surface area (Å²) in [4.78, 5) is 10.5. The maximum atomic E-state index is 12.8. The molecule has 0 aromatic heterocycles. The number of aliphatic hydroxyl groups excluding tert-OH is 1. The van der Waals surface area contributed by atoms with E-state index in [4.69, 9.17) is 9.84 Å². The second kappa shape index (κ2) is 4.00. The highest BCUT2D eigenvalue weighted by atomic mass is 19.1. The Morgan fingerprint density at radius 3 is 2.85 bits per heavy atom. The van der Waals surface area contributed by atoms with Crippen molar-refractivity contribution >= 4 is 5.97 Å². The molecule has 0 saturated carbocycles. The third kappa shape index (κ3) is 2.52. The molecule has 0 amide bonds. The van der Waals surface area contributed by atoms with E-state index in [1.54, 1.807) is 0 Å². The molecular formula is C9H9FO3. The third-order valence-corrected chi connectivity index (χ3v) is 1.45. The van der Waals surface area contributed by atoms with E-state index in [0.29, 0.717) is 0 Å². The fourth-order valence-electron chi connectivity index (χ4n) is 0.902. The second-order valence-electron chi connectivity index (χ2n) is 2.50. The van der Waals surface area contributed by atoms with Crippen LogP contribution in [0.5, 0.6) is 5.75 Å². The molecule has 0 aliphatic rings.